The predicted molar refractivity (Wildman–Crippen MR) is 129 cm³/mol. The number of nitrogens with zero attached hydrogens (tertiary/aromatic N) is 6. The van der Waals surface area contributed by atoms with Crippen molar-refractivity contribution in [3.8, 4) is 0 Å². The summed E-state index contributed by atoms with van der Waals surface area (Å²) >= 11 is 6.02. The Labute approximate surface area is 199 Å². The zero-order valence-electron chi connectivity index (χ0n) is 17.6. The number of guanidine groups is 1. The molecule has 1 amide bonds. The number of piperazine rings is 1. The maximum absolute atomic E-state index is 12.6. The average molecular weight is 546 g/mol. The number of rotatable bonds is 5. The molecule has 1 aromatic heterocycles. The second-order valence-corrected chi connectivity index (χ2v) is 7.50. The van der Waals surface area contributed by atoms with Gasteiger partial charge in [-0.15, -0.1) is 34.2 Å². The van der Waals surface area contributed by atoms with Crippen LogP contribution in [0, 0.1) is 6.92 Å². The Bertz CT molecular complexity index is 878. The highest BCUT2D eigenvalue weighted by Crippen LogP contribution is 2.13. The molecule has 8 nitrogen and oxygen atoms in total. The first-order valence-electron chi connectivity index (χ1n) is 9.88. The summed E-state index contributed by atoms with van der Waals surface area (Å²) in [7, 11) is 1.94. The van der Waals surface area contributed by atoms with E-state index in [1.165, 1.54) is 0 Å². The number of aryl methyl sites for hydroxylation is 1. The van der Waals surface area contributed by atoms with E-state index in [0.717, 1.165) is 42.8 Å². The van der Waals surface area contributed by atoms with Crippen molar-refractivity contribution in [1.82, 2.24) is 29.9 Å². The standard InChI is InChI=1S/C20H28ClN7O.HI/c1-4-22-20(23-14-18-25-24-15(2)26(18)3)28-10-8-27(9-11-28)19(29)13-16-6-5-7-17(21)12-16;/h5-7,12H,4,8-11,13-14H2,1-3H3,(H,22,23);1H. The van der Waals surface area contributed by atoms with E-state index in [-0.39, 0.29) is 29.9 Å². The molecule has 2 aromatic rings. The number of aromatic nitrogens is 3. The lowest BCUT2D eigenvalue weighted by molar-refractivity contribution is -0.131. The van der Waals surface area contributed by atoms with Crippen LogP contribution in [0.4, 0.5) is 0 Å². The second-order valence-electron chi connectivity index (χ2n) is 7.07. The van der Waals surface area contributed by atoms with E-state index in [9.17, 15) is 4.79 Å². The van der Waals surface area contributed by atoms with Crippen LogP contribution in [0.2, 0.25) is 5.02 Å². The molecule has 0 unspecified atom stereocenters. The maximum Gasteiger partial charge on any atom is 0.227 e. The highest BCUT2D eigenvalue weighted by Gasteiger charge is 2.23. The lowest BCUT2D eigenvalue weighted by Crippen LogP contribution is -2.54. The van der Waals surface area contributed by atoms with Gasteiger partial charge in [-0.2, -0.15) is 0 Å². The van der Waals surface area contributed by atoms with Crippen molar-refractivity contribution in [1.29, 1.82) is 0 Å². The Morgan fingerprint density at radius 1 is 1.20 bits per heavy atom. The van der Waals surface area contributed by atoms with Gasteiger partial charge in [0.1, 0.15) is 12.4 Å². The van der Waals surface area contributed by atoms with Gasteiger partial charge in [-0.1, -0.05) is 23.7 Å². The molecule has 0 radical (unpaired) electrons. The molecule has 1 aliphatic heterocycles. The molecular weight excluding hydrogens is 517 g/mol. The molecule has 3 rings (SSSR count). The third-order valence-corrected chi connectivity index (χ3v) is 5.30. The molecule has 0 saturated carbocycles. The van der Waals surface area contributed by atoms with E-state index < -0.39 is 0 Å². The summed E-state index contributed by atoms with van der Waals surface area (Å²) in [6, 6.07) is 7.48. The summed E-state index contributed by atoms with van der Waals surface area (Å²) in [4.78, 5) is 21.5. The number of nitrogens with one attached hydrogen (secondary N) is 1. The van der Waals surface area contributed by atoms with Crippen LogP contribution in [0.25, 0.3) is 0 Å². The Hall–Kier alpha value is -1.88. The summed E-state index contributed by atoms with van der Waals surface area (Å²) in [6.45, 7) is 8.05. The van der Waals surface area contributed by atoms with Crippen molar-refractivity contribution >= 4 is 47.4 Å². The number of halogens is 2. The minimum atomic E-state index is 0. The van der Waals surface area contributed by atoms with E-state index in [4.69, 9.17) is 16.6 Å². The van der Waals surface area contributed by atoms with Gasteiger partial charge >= 0.3 is 0 Å². The molecule has 164 valence electrons. The molecule has 0 aliphatic carbocycles. The van der Waals surface area contributed by atoms with Gasteiger partial charge in [0.05, 0.1) is 6.42 Å². The summed E-state index contributed by atoms with van der Waals surface area (Å²) < 4.78 is 1.94. The fourth-order valence-corrected chi connectivity index (χ4v) is 3.47. The number of benzene rings is 1. The van der Waals surface area contributed by atoms with Gasteiger partial charge in [-0.05, 0) is 31.5 Å². The van der Waals surface area contributed by atoms with Gasteiger partial charge in [-0.3, -0.25) is 4.79 Å². The van der Waals surface area contributed by atoms with E-state index in [1.54, 1.807) is 0 Å². The Morgan fingerprint density at radius 2 is 1.90 bits per heavy atom. The smallest absolute Gasteiger partial charge is 0.227 e. The topological polar surface area (TPSA) is 78.7 Å². The average Bonchev–Trinajstić information content (AvgIpc) is 3.03. The molecule has 1 aliphatic rings. The van der Waals surface area contributed by atoms with Crippen LogP contribution < -0.4 is 5.32 Å². The highest BCUT2D eigenvalue weighted by atomic mass is 127. The van der Waals surface area contributed by atoms with Crippen LogP contribution in [0.15, 0.2) is 29.3 Å². The van der Waals surface area contributed by atoms with E-state index >= 15 is 0 Å². The van der Waals surface area contributed by atoms with Crippen molar-refractivity contribution in [2.75, 3.05) is 32.7 Å². The Morgan fingerprint density at radius 3 is 2.50 bits per heavy atom. The minimum absolute atomic E-state index is 0. The zero-order chi connectivity index (χ0) is 20.8. The first-order chi connectivity index (χ1) is 14.0. The van der Waals surface area contributed by atoms with Crippen LogP contribution >= 0.6 is 35.6 Å². The molecule has 1 N–H and O–H groups in total. The molecule has 2 heterocycles. The van der Waals surface area contributed by atoms with Crippen molar-refractivity contribution in [3.63, 3.8) is 0 Å². The van der Waals surface area contributed by atoms with Crippen LogP contribution in [-0.2, 0) is 24.8 Å². The summed E-state index contributed by atoms with van der Waals surface area (Å²) in [5.74, 6) is 2.67. The van der Waals surface area contributed by atoms with E-state index in [2.05, 4.69) is 20.4 Å². The summed E-state index contributed by atoms with van der Waals surface area (Å²) in [5, 5.41) is 12.2. The summed E-state index contributed by atoms with van der Waals surface area (Å²) in [5.41, 5.74) is 0.943. The molecule has 0 bridgehead atoms. The molecule has 1 saturated heterocycles. The molecule has 10 heteroatoms. The third-order valence-electron chi connectivity index (χ3n) is 5.06. The molecule has 30 heavy (non-hydrogen) atoms. The minimum Gasteiger partial charge on any atom is -0.357 e. The predicted octanol–water partition coefficient (Wildman–Crippen LogP) is 2.25. The first kappa shape index (κ1) is 24.4. The SMILES string of the molecule is CCNC(=NCc1nnc(C)n1C)N1CCN(C(=O)Cc2cccc(Cl)c2)CC1.I. The largest absolute Gasteiger partial charge is 0.357 e. The summed E-state index contributed by atoms with van der Waals surface area (Å²) in [6.07, 6.45) is 0.375. The Balaban J connectivity index is 0.00000320. The first-order valence-corrected chi connectivity index (χ1v) is 10.3. The Kier molecular flexibility index (Phi) is 9.35. The van der Waals surface area contributed by atoms with Crippen molar-refractivity contribution in [2.45, 2.75) is 26.8 Å². The van der Waals surface area contributed by atoms with Gasteiger partial charge < -0.3 is 19.7 Å². The lowest BCUT2D eigenvalue weighted by atomic mass is 10.1. The van der Waals surface area contributed by atoms with E-state index in [1.807, 2.05) is 54.6 Å². The van der Waals surface area contributed by atoms with Crippen LogP contribution in [0.5, 0.6) is 0 Å². The molecule has 1 aromatic carbocycles. The number of aliphatic imine (C=N–C) groups is 1. The molecule has 0 spiro atoms. The maximum atomic E-state index is 12.6. The number of hydrogen-bond donors (Lipinski definition) is 1. The van der Waals surface area contributed by atoms with Crippen LogP contribution in [0.3, 0.4) is 0 Å². The molecular formula is C20H29ClIN7O. The fourth-order valence-electron chi connectivity index (χ4n) is 3.26. The molecule has 0 atom stereocenters. The van der Waals surface area contributed by atoms with Crippen molar-refractivity contribution < 1.29 is 4.79 Å². The van der Waals surface area contributed by atoms with Crippen molar-refractivity contribution in [3.05, 3.63) is 46.5 Å². The highest BCUT2D eigenvalue weighted by molar-refractivity contribution is 14.0. The van der Waals surface area contributed by atoms with Gasteiger partial charge in [0.25, 0.3) is 0 Å². The van der Waals surface area contributed by atoms with Gasteiger partial charge in [-0.25, -0.2) is 4.99 Å². The monoisotopic (exact) mass is 545 g/mol. The van der Waals surface area contributed by atoms with Crippen LogP contribution in [-0.4, -0.2) is 69.2 Å². The van der Waals surface area contributed by atoms with Gasteiger partial charge in [0.15, 0.2) is 11.8 Å². The number of amides is 1. The fraction of sp³-hybridized carbons (Fsp3) is 0.500. The van der Waals surface area contributed by atoms with Crippen molar-refractivity contribution in [2.24, 2.45) is 12.0 Å². The van der Waals surface area contributed by atoms with Gasteiger partial charge in [0.2, 0.25) is 5.91 Å². The number of carbonyl (C=O) groups excluding carboxylic acids is 1. The zero-order valence-corrected chi connectivity index (χ0v) is 20.7. The molecule has 1 fully saturated rings. The lowest BCUT2D eigenvalue weighted by Gasteiger charge is -2.36. The number of carbonyl (C=O) groups is 1. The van der Waals surface area contributed by atoms with Crippen LogP contribution in [0.1, 0.15) is 24.1 Å². The van der Waals surface area contributed by atoms with E-state index in [0.29, 0.717) is 31.1 Å². The third kappa shape index (κ3) is 6.31. The normalized spacial score (nSPS) is 14.5. The second kappa shape index (κ2) is 11.5. The quantitative estimate of drug-likeness (QED) is 0.354. The number of hydrogen-bond acceptors (Lipinski definition) is 4. The van der Waals surface area contributed by atoms with Gasteiger partial charge in [0, 0.05) is 44.8 Å².